The Morgan fingerprint density at radius 2 is 1.93 bits per heavy atom. The molecule has 1 amide bonds. The summed E-state index contributed by atoms with van der Waals surface area (Å²) >= 11 is 7.49. The van der Waals surface area contributed by atoms with Gasteiger partial charge in [0.25, 0.3) is 0 Å². The van der Waals surface area contributed by atoms with Crippen LogP contribution >= 0.6 is 23.4 Å². The number of ether oxygens (including phenoxy) is 2. The standard InChI is InChI=1S/C22H20ClN3O3S/c1-28-16-7-8-20(29-2)18(9-16)17-10-21(27)26-12-25(13-30-22(26)19(17)11-24)15-5-3-14(23)4-6-15/h3-9,17H,10,12-13H2,1-2H3. The maximum atomic E-state index is 13.1. The minimum Gasteiger partial charge on any atom is -0.497 e. The molecule has 1 atom stereocenters. The Hall–Kier alpha value is -2.82. The molecule has 0 bridgehead atoms. The third-order valence-corrected chi connectivity index (χ3v) is 6.70. The van der Waals surface area contributed by atoms with Crippen LogP contribution in [0.15, 0.2) is 53.1 Å². The smallest absolute Gasteiger partial charge is 0.229 e. The summed E-state index contributed by atoms with van der Waals surface area (Å²) in [4.78, 5) is 16.9. The van der Waals surface area contributed by atoms with Crippen LogP contribution in [-0.2, 0) is 4.79 Å². The first-order chi connectivity index (χ1) is 14.5. The van der Waals surface area contributed by atoms with Crippen LogP contribution in [0, 0.1) is 11.3 Å². The van der Waals surface area contributed by atoms with Crippen LogP contribution < -0.4 is 14.4 Å². The molecular weight excluding hydrogens is 422 g/mol. The number of nitriles is 1. The lowest BCUT2D eigenvalue weighted by Crippen LogP contribution is -2.47. The maximum absolute atomic E-state index is 13.1. The number of halogens is 1. The number of thioether (sulfide) groups is 1. The van der Waals surface area contributed by atoms with Crippen LogP contribution in [-0.4, -0.2) is 37.6 Å². The SMILES string of the molecule is COc1ccc(OC)c(C2CC(=O)N3CN(c4ccc(Cl)cc4)CSC3=C2C#N)c1. The number of carbonyl (C=O) groups is 1. The molecule has 2 aromatic rings. The Morgan fingerprint density at radius 3 is 2.60 bits per heavy atom. The number of allylic oxidation sites excluding steroid dienone is 1. The number of rotatable bonds is 4. The zero-order valence-electron chi connectivity index (χ0n) is 16.6. The molecule has 2 aromatic carbocycles. The predicted octanol–water partition coefficient (Wildman–Crippen LogP) is 4.58. The molecule has 1 saturated heterocycles. The fourth-order valence-electron chi connectivity index (χ4n) is 3.75. The minimum atomic E-state index is -0.367. The zero-order chi connectivity index (χ0) is 21.3. The first-order valence-electron chi connectivity index (χ1n) is 9.35. The molecule has 0 spiro atoms. The third-order valence-electron chi connectivity index (χ3n) is 5.30. The highest BCUT2D eigenvalue weighted by molar-refractivity contribution is 8.03. The number of benzene rings is 2. The Labute approximate surface area is 184 Å². The number of anilines is 1. The summed E-state index contributed by atoms with van der Waals surface area (Å²) in [6.07, 6.45) is 0.199. The van der Waals surface area contributed by atoms with Crippen molar-refractivity contribution in [3.8, 4) is 17.6 Å². The highest BCUT2D eigenvalue weighted by atomic mass is 35.5. The van der Waals surface area contributed by atoms with Gasteiger partial charge >= 0.3 is 0 Å². The first-order valence-corrected chi connectivity index (χ1v) is 10.7. The van der Waals surface area contributed by atoms with Gasteiger partial charge in [0.15, 0.2) is 0 Å². The number of amides is 1. The average molecular weight is 442 g/mol. The molecule has 1 unspecified atom stereocenters. The molecule has 0 N–H and O–H groups in total. The summed E-state index contributed by atoms with van der Waals surface area (Å²) in [6.45, 7) is 0.399. The lowest BCUT2D eigenvalue weighted by atomic mass is 9.86. The monoisotopic (exact) mass is 441 g/mol. The van der Waals surface area contributed by atoms with Crippen molar-refractivity contribution in [3.63, 3.8) is 0 Å². The Kier molecular flexibility index (Phi) is 5.80. The first kappa shape index (κ1) is 20.5. The van der Waals surface area contributed by atoms with Gasteiger partial charge in [-0.2, -0.15) is 5.26 Å². The number of carbonyl (C=O) groups excluding carboxylic acids is 1. The van der Waals surface area contributed by atoms with Crippen molar-refractivity contribution in [2.45, 2.75) is 12.3 Å². The second kappa shape index (κ2) is 8.50. The van der Waals surface area contributed by atoms with E-state index in [9.17, 15) is 10.1 Å². The molecular formula is C22H20ClN3O3S. The minimum absolute atomic E-state index is 0.0231. The van der Waals surface area contributed by atoms with Gasteiger partial charge in [0.2, 0.25) is 5.91 Å². The van der Waals surface area contributed by atoms with Gasteiger partial charge in [0.05, 0.1) is 43.4 Å². The molecule has 2 aliphatic rings. The van der Waals surface area contributed by atoms with Gasteiger partial charge in [-0.15, -0.1) is 0 Å². The van der Waals surface area contributed by atoms with E-state index < -0.39 is 0 Å². The zero-order valence-corrected chi connectivity index (χ0v) is 18.2. The van der Waals surface area contributed by atoms with E-state index in [0.717, 1.165) is 11.3 Å². The van der Waals surface area contributed by atoms with E-state index in [1.807, 2.05) is 30.3 Å². The topological polar surface area (TPSA) is 65.8 Å². The molecule has 0 radical (unpaired) electrons. The molecule has 4 rings (SSSR count). The number of nitrogens with zero attached hydrogens (tertiary/aromatic N) is 3. The molecule has 1 fully saturated rings. The second-order valence-corrected chi connectivity index (χ2v) is 8.32. The lowest BCUT2D eigenvalue weighted by molar-refractivity contribution is -0.129. The quantitative estimate of drug-likeness (QED) is 0.692. The summed E-state index contributed by atoms with van der Waals surface area (Å²) in [7, 11) is 3.17. The molecule has 8 heteroatoms. The molecule has 2 heterocycles. The molecule has 30 heavy (non-hydrogen) atoms. The van der Waals surface area contributed by atoms with Crippen molar-refractivity contribution in [1.82, 2.24) is 4.90 Å². The number of fused-ring (bicyclic) bond motifs is 1. The summed E-state index contributed by atoms with van der Waals surface area (Å²) in [5.41, 5.74) is 2.35. The molecule has 154 valence electrons. The Bertz CT molecular complexity index is 1050. The van der Waals surface area contributed by atoms with Crippen molar-refractivity contribution in [2.75, 3.05) is 31.7 Å². The highest BCUT2D eigenvalue weighted by Crippen LogP contribution is 2.46. The maximum Gasteiger partial charge on any atom is 0.229 e. The largest absolute Gasteiger partial charge is 0.497 e. The molecule has 0 aliphatic carbocycles. The van der Waals surface area contributed by atoms with Crippen LogP contribution in [0.25, 0.3) is 0 Å². The molecule has 6 nitrogen and oxygen atoms in total. The fourth-order valence-corrected chi connectivity index (χ4v) is 5.05. The third kappa shape index (κ3) is 3.69. The van der Waals surface area contributed by atoms with E-state index in [4.69, 9.17) is 21.1 Å². The molecule has 2 aliphatic heterocycles. The molecule has 0 saturated carbocycles. The van der Waals surface area contributed by atoms with E-state index in [1.54, 1.807) is 31.3 Å². The summed E-state index contributed by atoms with van der Waals surface area (Å²) in [5, 5.41) is 11.4. The van der Waals surface area contributed by atoms with Crippen molar-refractivity contribution >= 4 is 35.0 Å². The summed E-state index contributed by atoms with van der Waals surface area (Å²) in [6, 6.07) is 15.3. The van der Waals surface area contributed by atoms with E-state index in [1.165, 1.54) is 11.8 Å². The van der Waals surface area contributed by atoms with Gasteiger partial charge in [-0.1, -0.05) is 23.4 Å². The number of hydrogen-bond acceptors (Lipinski definition) is 6. The van der Waals surface area contributed by atoms with E-state index in [2.05, 4.69) is 11.0 Å². The van der Waals surface area contributed by atoms with Gasteiger partial charge in [-0.3, -0.25) is 9.69 Å². The van der Waals surface area contributed by atoms with E-state index in [0.29, 0.717) is 39.7 Å². The summed E-state index contributed by atoms with van der Waals surface area (Å²) in [5.74, 6) is 1.54. The van der Waals surface area contributed by atoms with E-state index >= 15 is 0 Å². The van der Waals surface area contributed by atoms with Crippen molar-refractivity contribution < 1.29 is 14.3 Å². The second-order valence-electron chi connectivity index (χ2n) is 6.95. The Balaban J connectivity index is 1.70. The van der Waals surface area contributed by atoms with Crippen LogP contribution in [0.4, 0.5) is 5.69 Å². The summed E-state index contributed by atoms with van der Waals surface area (Å²) < 4.78 is 10.9. The number of methoxy groups -OCH3 is 2. The van der Waals surface area contributed by atoms with Gasteiger partial charge in [-0.25, -0.2) is 0 Å². The van der Waals surface area contributed by atoms with Crippen molar-refractivity contribution in [1.29, 1.82) is 5.26 Å². The fraction of sp³-hybridized carbons (Fsp3) is 0.273. The van der Waals surface area contributed by atoms with Crippen LogP contribution in [0.3, 0.4) is 0 Å². The van der Waals surface area contributed by atoms with Crippen LogP contribution in [0.5, 0.6) is 11.5 Å². The van der Waals surface area contributed by atoms with Gasteiger partial charge in [0, 0.05) is 28.6 Å². The van der Waals surface area contributed by atoms with Crippen molar-refractivity contribution in [3.05, 3.63) is 63.7 Å². The van der Waals surface area contributed by atoms with Crippen LogP contribution in [0.2, 0.25) is 5.02 Å². The van der Waals surface area contributed by atoms with Crippen LogP contribution in [0.1, 0.15) is 17.9 Å². The number of hydrogen-bond donors (Lipinski definition) is 0. The Morgan fingerprint density at radius 1 is 1.17 bits per heavy atom. The van der Waals surface area contributed by atoms with Gasteiger partial charge < -0.3 is 14.4 Å². The van der Waals surface area contributed by atoms with Gasteiger partial charge in [-0.05, 0) is 42.5 Å². The van der Waals surface area contributed by atoms with Crippen molar-refractivity contribution in [2.24, 2.45) is 0 Å². The van der Waals surface area contributed by atoms with E-state index in [-0.39, 0.29) is 18.2 Å². The highest BCUT2D eigenvalue weighted by Gasteiger charge is 2.39. The normalized spacial score (nSPS) is 18.7. The van der Waals surface area contributed by atoms with Gasteiger partial charge in [0.1, 0.15) is 11.5 Å². The molecule has 0 aromatic heterocycles. The average Bonchev–Trinajstić information content (AvgIpc) is 2.79. The lowest BCUT2D eigenvalue weighted by Gasteiger charge is -2.42. The predicted molar refractivity (Wildman–Crippen MR) is 118 cm³/mol.